The molecule has 0 fully saturated rings. The Kier molecular flexibility index (Phi) is 3.02. The van der Waals surface area contributed by atoms with E-state index in [0.29, 0.717) is 6.54 Å². The molecule has 0 atom stereocenters. The lowest BCUT2D eigenvalue weighted by Crippen LogP contribution is -2.31. The maximum Gasteiger partial charge on any atom is 0.267 e. The first-order valence-corrected chi connectivity index (χ1v) is 7.73. The third kappa shape index (κ3) is 2.12. The second-order valence-corrected chi connectivity index (χ2v) is 6.46. The Balaban J connectivity index is 2.10. The molecule has 0 amide bonds. The van der Waals surface area contributed by atoms with Crippen LogP contribution in [0.5, 0.6) is 0 Å². The number of fused-ring (bicyclic) bond motifs is 1. The van der Waals surface area contributed by atoms with Crippen molar-refractivity contribution < 1.29 is 8.42 Å². The van der Waals surface area contributed by atoms with Gasteiger partial charge < -0.3 is 0 Å². The SMILES string of the molecule is O=S(=O)(c1cn[nH]c1)N1CCCCc2ccccc21. The smallest absolute Gasteiger partial charge is 0.267 e. The second kappa shape index (κ2) is 4.70. The van der Waals surface area contributed by atoms with E-state index in [1.165, 1.54) is 16.7 Å². The van der Waals surface area contributed by atoms with E-state index in [4.69, 9.17) is 0 Å². The Morgan fingerprint density at radius 2 is 2.05 bits per heavy atom. The molecule has 0 saturated heterocycles. The van der Waals surface area contributed by atoms with Crippen LogP contribution in [0.15, 0.2) is 41.6 Å². The van der Waals surface area contributed by atoms with Gasteiger partial charge in [0, 0.05) is 12.7 Å². The van der Waals surface area contributed by atoms with Gasteiger partial charge >= 0.3 is 0 Å². The molecule has 0 aliphatic carbocycles. The number of para-hydroxylation sites is 1. The van der Waals surface area contributed by atoms with Crippen molar-refractivity contribution in [2.24, 2.45) is 0 Å². The van der Waals surface area contributed by atoms with E-state index in [1.807, 2.05) is 24.3 Å². The van der Waals surface area contributed by atoms with E-state index >= 15 is 0 Å². The molecule has 1 aromatic heterocycles. The topological polar surface area (TPSA) is 66.1 Å². The van der Waals surface area contributed by atoms with Gasteiger partial charge in [0.1, 0.15) is 4.90 Å². The molecule has 19 heavy (non-hydrogen) atoms. The number of sulfonamides is 1. The first kappa shape index (κ1) is 12.2. The summed E-state index contributed by atoms with van der Waals surface area (Å²) in [5.41, 5.74) is 1.88. The van der Waals surface area contributed by atoms with Crippen LogP contribution in [-0.4, -0.2) is 25.2 Å². The molecule has 0 bridgehead atoms. The number of hydrogen-bond donors (Lipinski definition) is 1. The second-order valence-electron chi connectivity index (χ2n) is 4.60. The highest BCUT2D eigenvalue weighted by atomic mass is 32.2. The number of hydrogen-bond acceptors (Lipinski definition) is 3. The molecule has 0 radical (unpaired) electrons. The van der Waals surface area contributed by atoms with Crippen LogP contribution in [0.25, 0.3) is 0 Å². The summed E-state index contributed by atoms with van der Waals surface area (Å²) in [6, 6.07) is 7.70. The van der Waals surface area contributed by atoms with E-state index in [-0.39, 0.29) is 4.90 Å². The fourth-order valence-electron chi connectivity index (χ4n) is 2.41. The Morgan fingerprint density at radius 3 is 2.84 bits per heavy atom. The van der Waals surface area contributed by atoms with Gasteiger partial charge in [0.25, 0.3) is 10.0 Å². The van der Waals surface area contributed by atoms with Crippen LogP contribution < -0.4 is 4.31 Å². The molecule has 0 unspecified atom stereocenters. The third-order valence-corrected chi connectivity index (χ3v) is 5.16. The molecule has 100 valence electrons. The highest BCUT2D eigenvalue weighted by Crippen LogP contribution is 2.30. The summed E-state index contributed by atoms with van der Waals surface area (Å²) in [6.45, 7) is 0.518. The lowest BCUT2D eigenvalue weighted by molar-refractivity contribution is 0.589. The van der Waals surface area contributed by atoms with Crippen molar-refractivity contribution in [2.45, 2.75) is 24.2 Å². The molecule has 2 aromatic rings. The minimum absolute atomic E-state index is 0.212. The molecule has 0 saturated carbocycles. The molecule has 1 aliphatic rings. The van der Waals surface area contributed by atoms with Gasteiger partial charge in [-0.2, -0.15) is 5.10 Å². The van der Waals surface area contributed by atoms with Gasteiger partial charge in [-0.05, 0) is 30.9 Å². The summed E-state index contributed by atoms with van der Waals surface area (Å²) in [4.78, 5) is 0.212. The summed E-state index contributed by atoms with van der Waals surface area (Å²) in [5, 5.41) is 6.29. The third-order valence-electron chi connectivity index (χ3n) is 3.38. The predicted octanol–water partition coefficient (Wildman–Crippen LogP) is 1.94. The average molecular weight is 277 g/mol. The van der Waals surface area contributed by atoms with Crippen molar-refractivity contribution in [2.75, 3.05) is 10.8 Å². The minimum Gasteiger partial charge on any atom is -0.284 e. The number of nitrogens with zero attached hydrogens (tertiary/aromatic N) is 2. The zero-order valence-corrected chi connectivity index (χ0v) is 11.2. The molecule has 1 N–H and O–H groups in total. The van der Waals surface area contributed by atoms with Gasteiger partial charge in [-0.25, -0.2) is 8.42 Å². The maximum absolute atomic E-state index is 12.6. The summed E-state index contributed by atoms with van der Waals surface area (Å²) in [5.74, 6) is 0. The fraction of sp³-hybridized carbons (Fsp3) is 0.308. The van der Waals surface area contributed by atoms with Crippen LogP contribution in [0.4, 0.5) is 5.69 Å². The molecule has 5 nitrogen and oxygen atoms in total. The largest absolute Gasteiger partial charge is 0.284 e. The zero-order chi connectivity index (χ0) is 13.3. The van der Waals surface area contributed by atoms with Crippen LogP contribution in [0.1, 0.15) is 18.4 Å². The number of aryl methyl sites for hydroxylation is 1. The van der Waals surface area contributed by atoms with Crippen LogP contribution in [0, 0.1) is 0 Å². The summed E-state index contributed by atoms with van der Waals surface area (Å²) in [7, 11) is -3.52. The monoisotopic (exact) mass is 277 g/mol. The molecule has 3 rings (SSSR count). The predicted molar refractivity (Wildman–Crippen MR) is 72.5 cm³/mol. The van der Waals surface area contributed by atoms with E-state index in [1.54, 1.807) is 0 Å². The van der Waals surface area contributed by atoms with Gasteiger partial charge in [0.05, 0.1) is 11.9 Å². The van der Waals surface area contributed by atoms with E-state index in [0.717, 1.165) is 30.5 Å². The normalized spacial score (nSPS) is 15.9. The summed E-state index contributed by atoms with van der Waals surface area (Å²) in [6.07, 6.45) is 5.57. The quantitative estimate of drug-likeness (QED) is 0.912. The van der Waals surface area contributed by atoms with Gasteiger partial charge in [0.2, 0.25) is 0 Å². The molecular formula is C13H15N3O2S. The number of nitrogens with one attached hydrogen (secondary N) is 1. The Hall–Kier alpha value is -1.82. The van der Waals surface area contributed by atoms with Crippen LogP contribution in [-0.2, 0) is 16.4 Å². The lowest BCUT2D eigenvalue weighted by atomic mass is 10.1. The van der Waals surface area contributed by atoms with Gasteiger partial charge in [-0.15, -0.1) is 0 Å². The molecular weight excluding hydrogens is 262 g/mol. The van der Waals surface area contributed by atoms with Crippen LogP contribution >= 0.6 is 0 Å². The van der Waals surface area contributed by atoms with Crippen molar-refractivity contribution in [3.05, 3.63) is 42.2 Å². The van der Waals surface area contributed by atoms with Crippen molar-refractivity contribution >= 4 is 15.7 Å². The van der Waals surface area contributed by atoms with Gasteiger partial charge in [0.15, 0.2) is 0 Å². The Labute approximate surface area is 112 Å². The Bertz CT molecular complexity index is 665. The molecule has 1 aliphatic heterocycles. The maximum atomic E-state index is 12.6. The molecule has 6 heteroatoms. The average Bonchev–Trinajstić information content (AvgIpc) is 2.86. The highest BCUT2D eigenvalue weighted by molar-refractivity contribution is 7.92. The number of aromatic amines is 1. The van der Waals surface area contributed by atoms with E-state index in [9.17, 15) is 8.42 Å². The van der Waals surface area contributed by atoms with Crippen molar-refractivity contribution in [1.82, 2.24) is 10.2 Å². The number of H-pyrrole nitrogens is 1. The standard InChI is InChI=1S/C13H15N3O2S/c17-19(18,12-9-14-15-10-12)16-8-4-3-6-11-5-1-2-7-13(11)16/h1-2,5,7,9-10H,3-4,6,8H2,(H,14,15). The van der Waals surface area contributed by atoms with Crippen molar-refractivity contribution in [3.8, 4) is 0 Å². The van der Waals surface area contributed by atoms with Gasteiger partial charge in [-0.3, -0.25) is 9.40 Å². The summed E-state index contributed by atoms with van der Waals surface area (Å²) < 4.78 is 26.8. The molecule has 1 aromatic carbocycles. The molecule has 2 heterocycles. The first-order chi connectivity index (χ1) is 9.19. The number of anilines is 1. The van der Waals surface area contributed by atoms with Gasteiger partial charge in [-0.1, -0.05) is 18.2 Å². The summed E-state index contributed by atoms with van der Waals surface area (Å²) >= 11 is 0. The Morgan fingerprint density at radius 1 is 1.21 bits per heavy atom. The van der Waals surface area contributed by atoms with E-state index < -0.39 is 10.0 Å². The van der Waals surface area contributed by atoms with Crippen molar-refractivity contribution in [3.63, 3.8) is 0 Å². The zero-order valence-electron chi connectivity index (χ0n) is 10.4. The van der Waals surface area contributed by atoms with Crippen molar-refractivity contribution in [1.29, 1.82) is 0 Å². The molecule has 0 spiro atoms. The number of rotatable bonds is 2. The minimum atomic E-state index is -3.52. The first-order valence-electron chi connectivity index (χ1n) is 6.29. The number of benzene rings is 1. The lowest BCUT2D eigenvalue weighted by Gasteiger charge is -2.23. The number of aromatic nitrogens is 2. The fourth-order valence-corrected chi connectivity index (χ4v) is 3.86. The van der Waals surface area contributed by atoms with Crippen LogP contribution in [0.3, 0.4) is 0 Å². The van der Waals surface area contributed by atoms with E-state index in [2.05, 4.69) is 10.2 Å². The van der Waals surface area contributed by atoms with Crippen LogP contribution in [0.2, 0.25) is 0 Å². The highest BCUT2D eigenvalue weighted by Gasteiger charge is 2.28.